The summed E-state index contributed by atoms with van der Waals surface area (Å²) < 4.78 is 85.3. The van der Waals surface area contributed by atoms with Gasteiger partial charge in [-0.1, -0.05) is 11.6 Å². The molecule has 14 heteroatoms. The molecule has 1 fully saturated rings. The van der Waals surface area contributed by atoms with E-state index < -0.39 is 52.8 Å². The Hall–Kier alpha value is -3.45. The second-order valence-corrected chi connectivity index (χ2v) is 9.16. The minimum absolute atomic E-state index is 0.00253. The third kappa shape index (κ3) is 4.68. The number of hydrogen-bond acceptors (Lipinski definition) is 7. The van der Waals surface area contributed by atoms with Crippen molar-refractivity contribution in [2.75, 3.05) is 24.7 Å². The number of aromatic nitrogens is 3. The van der Waals surface area contributed by atoms with Gasteiger partial charge in [-0.05, 0) is 30.7 Å². The lowest BCUT2D eigenvalue weighted by Gasteiger charge is -2.39. The molecular formula is C23H18ClF5N4O4. The van der Waals surface area contributed by atoms with Crippen LogP contribution in [0.1, 0.15) is 18.2 Å². The van der Waals surface area contributed by atoms with Crippen LogP contribution in [0.3, 0.4) is 0 Å². The quantitative estimate of drug-likeness (QED) is 0.436. The lowest BCUT2D eigenvalue weighted by atomic mass is 10.0. The molecule has 2 aliphatic heterocycles. The monoisotopic (exact) mass is 544 g/mol. The van der Waals surface area contributed by atoms with E-state index in [0.29, 0.717) is 38.2 Å². The SMILES string of the molecule is C[C@@]12COCCN1c1c(Cl)c(OCc3cc(F)c(Oc4ccnc(C(F)(F)F)c4)c(F)c3)nc(=O)n1C2. The smallest absolute Gasteiger partial charge is 0.433 e. The van der Waals surface area contributed by atoms with E-state index >= 15 is 0 Å². The maximum absolute atomic E-state index is 14.6. The average Bonchev–Trinajstić information content (AvgIpc) is 3.16. The summed E-state index contributed by atoms with van der Waals surface area (Å²) in [6.07, 6.45) is -3.95. The fourth-order valence-corrected chi connectivity index (χ4v) is 4.63. The molecule has 0 unspecified atom stereocenters. The van der Waals surface area contributed by atoms with Crippen LogP contribution in [-0.4, -0.2) is 39.8 Å². The van der Waals surface area contributed by atoms with E-state index in [2.05, 4.69) is 9.97 Å². The van der Waals surface area contributed by atoms with Crippen LogP contribution in [0.5, 0.6) is 17.4 Å². The Balaban J connectivity index is 1.36. The Kier molecular flexibility index (Phi) is 6.23. The Labute approximate surface area is 211 Å². The highest BCUT2D eigenvalue weighted by molar-refractivity contribution is 6.34. The molecule has 0 saturated carbocycles. The van der Waals surface area contributed by atoms with E-state index in [1.165, 1.54) is 4.57 Å². The first kappa shape index (κ1) is 25.2. The van der Waals surface area contributed by atoms with Gasteiger partial charge in [0.1, 0.15) is 28.9 Å². The molecule has 0 aliphatic carbocycles. The van der Waals surface area contributed by atoms with Crippen LogP contribution in [0.15, 0.2) is 35.3 Å². The maximum atomic E-state index is 14.6. The van der Waals surface area contributed by atoms with Crippen molar-refractivity contribution in [3.63, 3.8) is 0 Å². The zero-order valence-electron chi connectivity index (χ0n) is 19.1. The van der Waals surface area contributed by atoms with Gasteiger partial charge in [-0.2, -0.15) is 18.2 Å². The fraction of sp³-hybridized carbons (Fsp3) is 0.348. The highest BCUT2D eigenvalue weighted by atomic mass is 35.5. The number of halogens is 6. The average molecular weight is 545 g/mol. The normalized spacial score (nSPS) is 18.9. The molecule has 4 heterocycles. The molecule has 0 amide bonds. The second-order valence-electron chi connectivity index (χ2n) is 8.78. The highest BCUT2D eigenvalue weighted by Crippen LogP contribution is 2.42. The molecule has 1 atom stereocenters. The molecule has 37 heavy (non-hydrogen) atoms. The molecule has 1 saturated heterocycles. The summed E-state index contributed by atoms with van der Waals surface area (Å²) in [5, 5.41) is 0.0734. The third-order valence-electron chi connectivity index (χ3n) is 6.02. The molecular weight excluding hydrogens is 527 g/mol. The topological polar surface area (TPSA) is 78.7 Å². The van der Waals surface area contributed by atoms with Crippen molar-refractivity contribution in [3.8, 4) is 17.4 Å². The Morgan fingerprint density at radius 2 is 1.95 bits per heavy atom. The number of nitrogens with zero attached hydrogens (tertiary/aromatic N) is 4. The van der Waals surface area contributed by atoms with Gasteiger partial charge in [-0.15, -0.1) is 0 Å². The number of hydrogen-bond donors (Lipinski definition) is 0. The number of anilines is 1. The first-order valence-corrected chi connectivity index (χ1v) is 11.3. The number of benzene rings is 1. The Bertz CT molecular complexity index is 1410. The molecule has 0 bridgehead atoms. The Morgan fingerprint density at radius 3 is 2.65 bits per heavy atom. The van der Waals surface area contributed by atoms with Crippen LogP contribution in [0.4, 0.5) is 27.8 Å². The lowest BCUT2D eigenvalue weighted by molar-refractivity contribution is -0.141. The standard InChI is InChI=1S/C23H18ClF5N4O4/c1-22-10-32-20(33(22)4-5-35-11-22)17(24)19(31-21(32)34)36-9-12-6-14(25)18(15(26)7-12)37-13-2-3-30-16(8-13)23(27,28)29/h2-3,6-8H,4-5,9-11H2,1H3/t22-/m1/s1. The van der Waals surface area contributed by atoms with Gasteiger partial charge in [-0.25, -0.2) is 13.6 Å². The first-order chi connectivity index (χ1) is 17.5. The molecule has 0 N–H and O–H groups in total. The van der Waals surface area contributed by atoms with E-state index in [0.717, 1.165) is 24.4 Å². The number of rotatable bonds is 5. The molecule has 2 aromatic heterocycles. The van der Waals surface area contributed by atoms with Gasteiger partial charge in [0.05, 0.1) is 25.3 Å². The summed E-state index contributed by atoms with van der Waals surface area (Å²) in [7, 11) is 0. The van der Waals surface area contributed by atoms with Crippen LogP contribution >= 0.6 is 11.6 Å². The minimum Gasteiger partial charge on any atom is -0.472 e. The van der Waals surface area contributed by atoms with Crippen molar-refractivity contribution in [2.24, 2.45) is 0 Å². The number of morpholine rings is 1. The van der Waals surface area contributed by atoms with E-state index in [4.69, 9.17) is 25.8 Å². The number of ether oxygens (including phenoxy) is 3. The van der Waals surface area contributed by atoms with Crippen molar-refractivity contribution < 1.29 is 36.2 Å². The van der Waals surface area contributed by atoms with Crippen LogP contribution in [0.25, 0.3) is 0 Å². The van der Waals surface area contributed by atoms with Crippen molar-refractivity contribution in [3.05, 3.63) is 68.9 Å². The minimum atomic E-state index is -4.76. The Morgan fingerprint density at radius 1 is 1.22 bits per heavy atom. The zero-order chi connectivity index (χ0) is 26.5. The molecule has 3 aromatic rings. The van der Waals surface area contributed by atoms with E-state index in [1.54, 1.807) is 0 Å². The van der Waals surface area contributed by atoms with Crippen molar-refractivity contribution in [2.45, 2.75) is 31.8 Å². The molecule has 196 valence electrons. The predicted molar refractivity (Wildman–Crippen MR) is 120 cm³/mol. The summed E-state index contributed by atoms with van der Waals surface area (Å²) in [6.45, 7) is 3.19. The van der Waals surface area contributed by atoms with E-state index in [9.17, 15) is 26.7 Å². The predicted octanol–water partition coefficient (Wildman–Crippen LogP) is 4.57. The second kappa shape index (κ2) is 9.14. The van der Waals surface area contributed by atoms with E-state index in [1.807, 2.05) is 11.8 Å². The number of pyridine rings is 1. The van der Waals surface area contributed by atoms with Crippen LogP contribution in [0.2, 0.25) is 5.02 Å². The summed E-state index contributed by atoms with van der Waals surface area (Å²) in [6, 6.07) is 3.33. The van der Waals surface area contributed by atoms with Gasteiger partial charge in [0.25, 0.3) is 0 Å². The molecule has 0 radical (unpaired) electrons. The zero-order valence-corrected chi connectivity index (χ0v) is 19.9. The van der Waals surface area contributed by atoms with Crippen LogP contribution in [-0.2, 0) is 24.1 Å². The van der Waals surface area contributed by atoms with Gasteiger partial charge < -0.3 is 19.1 Å². The van der Waals surface area contributed by atoms with Gasteiger partial charge in [0.2, 0.25) is 5.88 Å². The van der Waals surface area contributed by atoms with Crippen molar-refractivity contribution in [1.82, 2.24) is 14.5 Å². The van der Waals surface area contributed by atoms with Crippen molar-refractivity contribution >= 4 is 17.4 Å². The lowest BCUT2D eigenvalue weighted by Crippen LogP contribution is -2.53. The van der Waals surface area contributed by atoms with Gasteiger partial charge in [0.15, 0.2) is 17.4 Å². The molecule has 2 aliphatic rings. The summed E-state index contributed by atoms with van der Waals surface area (Å²) in [4.78, 5) is 21.6. The number of fused-ring (bicyclic) bond motifs is 3. The van der Waals surface area contributed by atoms with Gasteiger partial charge in [0, 0.05) is 18.8 Å². The fourth-order valence-electron chi connectivity index (χ4n) is 4.32. The third-order valence-corrected chi connectivity index (χ3v) is 6.35. The first-order valence-electron chi connectivity index (χ1n) is 10.9. The molecule has 5 rings (SSSR count). The van der Waals surface area contributed by atoms with E-state index in [-0.39, 0.29) is 16.5 Å². The molecule has 0 spiro atoms. The summed E-state index contributed by atoms with van der Waals surface area (Å²) >= 11 is 6.51. The van der Waals surface area contributed by atoms with Crippen LogP contribution in [0, 0.1) is 11.6 Å². The molecule has 1 aromatic carbocycles. The highest BCUT2D eigenvalue weighted by Gasteiger charge is 2.45. The summed E-state index contributed by atoms with van der Waals surface area (Å²) in [5.41, 5.74) is -2.35. The largest absolute Gasteiger partial charge is 0.472 e. The van der Waals surface area contributed by atoms with Gasteiger partial charge >= 0.3 is 11.9 Å². The van der Waals surface area contributed by atoms with Gasteiger partial charge in [-0.3, -0.25) is 9.55 Å². The number of alkyl halides is 3. The summed E-state index contributed by atoms with van der Waals surface area (Å²) in [5.74, 6) is -3.48. The van der Waals surface area contributed by atoms with Crippen LogP contribution < -0.4 is 20.1 Å². The maximum Gasteiger partial charge on any atom is 0.433 e. The molecule has 8 nitrogen and oxygen atoms in total. The van der Waals surface area contributed by atoms with Crippen molar-refractivity contribution in [1.29, 1.82) is 0 Å².